The molecule has 0 aliphatic carbocycles. The fourth-order valence-corrected chi connectivity index (χ4v) is 2.47. The monoisotopic (exact) mass is 351 g/mol. The van der Waals surface area contributed by atoms with E-state index in [0.29, 0.717) is 11.1 Å². The van der Waals surface area contributed by atoms with Crippen molar-refractivity contribution in [1.82, 2.24) is 5.32 Å². The number of nitrogens with one attached hydrogen (secondary N) is 1. The maximum Gasteiger partial charge on any atom is 0.254 e. The molecule has 3 nitrogen and oxygen atoms in total. The maximum atomic E-state index is 13.9. The van der Waals surface area contributed by atoms with E-state index in [0.717, 1.165) is 5.56 Å². The smallest absolute Gasteiger partial charge is 0.254 e. The molecule has 2 aromatic rings. The van der Waals surface area contributed by atoms with Crippen LogP contribution in [-0.2, 0) is 0 Å². The van der Waals surface area contributed by atoms with Crippen molar-refractivity contribution in [3.63, 3.8) is 0 Å². The standard InChI is InChI=1S/C16H15BrFNO2/c1-21-12-7-8-13(14(18)9-12)16(20)19-15(10-17)11-5-3-2-4-6-11/h2-9,15H,10H2,1H3,(H,19,20). The zero-order valence-corrected chi connectivity index (χ0v) is 13.1. The molecule has 0 heterocycles. The average molecular weight is 352 g/mol. The first-order chi connectivity index (χ1) is 10.2. The molecule has 1 N–H and O–H groups in total. The van der Waals surface area contributed by atoms with Gasteiger partial charge < -0.3 is 10.1 Å². The Morgan fingerprint density at radius 1 is 1.29 bits per heavy atom. The number of halogens is 2. The normalized spacial score (nSPS) is 11.8. The molecule has 1 unspecified atom stereocenters. The molecule has 1 atom stereocenters. The Morgan fingerprint density at radius 2 is 2.00 bits per heavy atom. The lowest BCUT2D eigenvalue weighted by molar-refractivity contribution is 0.0936. The first kappa shape index (κ1) is 15.5. The molecule has 0 aromatic heterocycles. The number of rotatable bonds is 5. The number of amides is 1. The van der Waals surface area contributed by atoms with Gasteiger partial charge in [0, 0.05) is 11.4 Å². The highest BCUT2D eigenvalue weighted by atomic mass is 79.9. The molecule has 5 heteroatoms. The van der Waals surface area contributed by atoms with E-state index in [1.165, 1.54) is 19.2 Å². The first-order valence-electron chi connectivity index (χ1n) is 6.41. The van der Waals surface area contributed by atoms with Crippen molar-refractivity contribution >= 4 is 21.8 Å². The second kappa shape index (κ2) is 7.22. The van der Waals surface area contributed by atoms with Crippen LogP contribution < -0.4 is 10.1 Å². The third-order valence-corrected chi connectivity index (χ3v) is 3.73. The zero-order valence-electron chi connectivity index (χ0n) is 11.5. The van der Waals surface area contributed by atoms with Crippen LogP contribution in [0, 0.1) is 5.82 Å². The van der Waals surface area contributed by atoms with E-state index >= 15 is 0 Å². The predicted molar refractivity (Wildman–Crippen MR) is 83.4 cm³/mol. The summed E-state index contributed by atoms with van der Waals surface area (Å²) in [5, 5.41) is 3.35. The van der Waals surface area contributed by atoms with Gasteiger partial charge in [-0.1, -0.05) is 46.3 Å². The highest BCUT2D eigenvalue weighted by Gasteiger charge is 2.17. The lowest BCUT2D eigenvalue weighted by Gasteiger charge is -2.17. The molecule has 1 amide bonds. The summed E-state index contributed by atoms with van der Waals surface area (Å²) in [7, 11) is 1.45. The van der Waals surface area contributed by atoms with E-state index in [2.05, 4.69) is 21.2 Å². The van der Waals surface area contributed by atoms with E-state index in [-0.39, 0.29) is 11.6 Å². The summed E-state index contributed by atoms with van der Waals surface area (Å²) in [6.45, 7) is 0. The van der Waals surface area contributed by atoms with Crippen molar-refractivity contribution in [2.45, 2.75) is 6.04 Å². The van der Waals surface area contributed by atoms with Gasteiger partial charge in [-0.2, -0.15) is 0 Å². The van der Waals surface area contributed by atoms with Gasteiger partial charge in [-0.15, -0.1) is 0 Å². The fraction of sp³-hybridized carbons (Fsp3) is 0.188. The van der Waals surface area contributed by atoms with Gasteiger partial charge >= 0.3 is 0 Å². The lowest BCUT2D eigenvalue weighted by Crippen LogP contribution is -2.30. The summed E-state index contributed by atoms with van der Waals surface area (Å²) in [6.07, 6.45) is 0. The fourth-order valence-electron chi connectivity index (χ4n) is 1.94. The SMILES string of the molecule is COc1ccc(C(=O)NC(CBr)c2ccccc2)c(F)c1. The number of benzene rings is 2. The van der Waals surface area contributed by atoms with Crippen LogP contribution in [0.3, 0.4) is 0 Å². The third kappa shape index (κ3) is 3.82. The molecule has 0 saturated carbocycles. The molecule has 0 bridgehead atoms. The Kier molecular flexibility index (Phi) is 5.33. The van der Waals surface area contributed by atoms with Crippen LogP contribution in [0.25, 0.3) is 0 Å². The van der Waals surface area contributed by atoms with Crippen molar-refractivity contribution in [2.24, 2.45) is 0 Å². The maximum absolute atomic E-state index is 13.9. The number of hydrogen-bond acceptors (Lipinski definition) is 2. The van der Waals surface area contributed by atoms with Crippen LogP contribution in [0.1, 0.15) is 22.0 Å². The van der Waals surface area contributed by atoms with Gasteiger partial charge in [-0.05, 0) is 17.7 Å². The summed E-state index contributed by atoms with van der Waals surface area (Å²) in [5.41, 5.74) is 0.953. The van der Waals surface area contributed by atoms with Gasteiger partial charge in [-0.25, -0.2) is 4.39 Å². The summed E-state index contributed by atoms with van der Waals surface area (Å²) >= 11 is 3.37. The Bertz CT molecular complexity index is 619. The molecular weight excluding hydrogens is 337 g/mol. The van der Waals surface area contributed by atoms with Crippen LogP contribution in [0.2, 0.25) is 0 Å². The Morgan fingerprint density at radius 3 is 2.57 bits per heavy atom. The Balaban J connectivity index is 2.17. The van der Waals surface area contributed by atoms with E-state index in [1.54, 1.807) is 6.07 Å². The Hall–Kier alpha value is -1.88. The molecule has 21 heavy (non-hydrogen) atoms. The van der Waals surface area contributed by atoms with Gasteiger partial charge in [0.25, 0.3) is 5.91 Å². The Labute approximate surface area is 131 Å². The molecule has 0 radical (unpaired) electrons. The van der Waals surface area contributed by atoms with Crippen LogP contribution in [0.5, 0.6) is 5.75 Å². The number of ether oxygens (including phenoxy) is 1. The molecule has 2 rings (SSSR count). The molecule has 0 saturated heterocycles. The highest BCUT2D eigenvalue weighted by molar-refractivity contribution is 9.09. The number of alkyl halides is 1. The molecule has 0 aliphatic heterocycles. The van der Waals surface area contributed by atoms with E-state index in [1.807, 2.05) is 30.3 Å². The lowest BCUT2D eigenvalue weighted by atomic mass is 10.1. The van der Waals surface area contributed by atoms with Crippen molar-refractivity contribution < 1.29 is 13.9 Å². The number of carbonyl (C=O) groups excluding carboxylic acids is 1. The average Bonchev–Trinajstić information content (AvgIpc) is 2.53. The third-order valence-electron chi connectivity index (χ3n) is 3.08. The molecule has 110 valence electrons. The zero-order chi connectivity index (χ0) is 15.2. The molecule has 0 fully saturated rings. The van der Waals surface area contributed by atoms with Gasteiger partial charge in [0.15, 0.2) is 0 Å². The summed E-state index contributed by atoms with van der Waals surface area (Å²) in [6, 6.07) is 13.5. The minimum Gasteiger partial charge on any atom is -0.497 e. The van der Waals surface area contributed by atoms with Gasteiger partial charge in [0.05, 0.1) is 18.7 Å². The number of hydrogen-bond donors (Lipinski definition) is 1. The van der Waals surface area contributed by atoms with Crippen molar-refractivity contribution in [3.05, 3.63) is 65.5 Å². The number of methoxy groups -OCH3 is 1. The molecule has 2 aromatic carbocycles. The highest BCUT2D eigenvalue weighted by Crippen LogP contribution is 2.19. The molecular formula is C16H15BrFNO2. The number of carbonyl (C=O) groups is 1. The van der Waals surface area contributed by atoms with Crippen LogP contribution in [-0.4, -0.2) is 18.3 Å². The van der Waals surface area contributed by atoms with Crippen LogP contribution in [0.4, 0.5) is 4.39 Å². The predicted octanol–water partition coefficient (Wildman–Crippen LogP) is 3.70. The van der Waals surface area contributed by atoms with Crippen molar-refractivity contribution in [2.75, 3.05) is 12.4 Å². The van der Waals surface area contributed by atoms with Crippen molar-refractivity contribution in [1.29, 1.82) is 0 Å². The minimum absolute atomic E-state index is 0.00215. The molecule has 0 spiro atoms. The van der Waals surface area contributed by atoms with Gasteiger partial charge in [0.1, 0.15) is 11.6 Å². The minimum atomic E-state index is -0.603. The molecule has 0 aliphatic rings. The first-order valence-corrected chi connectivity index (χ1v) is 7.53. The van der Waals surface area contributed by atoms with E-state index < -0.39 is 11.7 Å². The van der Waals surface area contributed by atoms with Crippen LogP contribution in [0.15, 0.2) is 48.5 Å². The van der Waals surface area contributed by atoms with E-state index in [9.17, 15) is 9.18 Å². The van der Waals surface area contributed by atoms with Crippen LogP contribution >= 0.6 is 15.9 Å². The van der Waals surface area contributed by atoms with Gasteiger partial charge in [0.2, 0.25) is 0 Å². The summed E-state index contributed by atoms with van der Waals surface area (Å²) < 4.78 is 18.8. The van der Waals surface area contributed by atoms with Gasteiger partial charge in [-0.3, -0.25) is 4.79 Å². The van der Waals surface area contributed by atoms with E-state index in [4.69, 9.17) is 4.74 Å². The van der Waals surface area contributed by atoms with Crippen molar-refractivity contribution in [3.8, 4) is 5.75 Å². The summed E-state index contributed by atoms with van der Waals surface area (Å²) in [4.78, 5) is 12.2. The summed E-state index contributed by atoms with van der Waals surface area (Å²) in [5.74, 6) is -0.680. The topological polar surface area (TPSA) is 38.3 Å². The quantitative estimate of drug-likeness (QED) is 0.834. The second-order valence-electron chi connectivity index (χ2n) is 4.44. The second-order valence-corrected chi connectivity index (χ2v) is 5.08. The largest absolute Gasteiger partial charge is 0.497 e.